The van der Waals surface area contributed by atoms with Gasteiger partial charge in [0, 0.05) is 67.0 Å². The maximum atomic E-state index is 6.56. The van der Waals surface area contributed by atoms with Crippen molar-refractivity contribution in [2.24, 2.45) is 0 Å². The quantitative estimate of drug-likeness (QED) is 0.142. The summed E-state index contributed by atoms with van der Waals surface area (Å²) in [7, 11) is 0. The van der Waals surface area contributed by atoms with Gasteiger partial charge < -0.3 is 18.6 Å². The van der Waals surface area contributed by atoms with Crippen LogP contribution in [0.15, 0.2) is 251 Å². The first-order valence-electron chi connectivity index (χ1n) is 23.2. The first kappa shape index (κ1) is 38.2. The fourth-order valence-electron chi connectivity index (χ4n) is 10.7. The van der Waals surface area contributed by atoms with Crippen molar-refractivity contribution in [1.29, 1.82) is 0 Å². The molecule has 0 aliphatic heterocycles. The zero-order valence-electron chi connectivity index (χ0n) is 36.8. The van der Waals surface area contributed by atoms with Gasteiger partial charge in [-0.05, 0) is 93.3 Å². The van der Waals surface area contributed by atoms with E-state index in [9.17, 15) is 0 Å². The minimum atomic E-state index is 0.852. The smallest absolute Gasteiger partial charge is 0.137 e. The molecule has 0 fully saturated rings. The molecule has 12 aromatic carbocycles. The third-order valence-corrected chi connectivity index (χ3v) is 13.8. The molecular weight excluding hydrogens is 829 g/mol. The Kier molecular flexibility index (Phi) is 8.55. The second-order valence-electron chi connectivity index (χ2n) is 17.6. The summed E-state index contributed by atoms with van der Waals surface area (Å²) in [5.74, 6) is 0. The molecule has 0 atom stereocenters. The number of benzene rings is 12. The van der Waals surface area contributed by atoms with E-state index in [4.69, 9.17) is 8.83 Å². The molecule has 0 aliphatic carbocycles. The summed E-state index contributed by atoms with van der Waals surface area (Å²) in [6.07, 6.45) is 0. The normalized spacial score (nSPS) is 11.8. The molecule has 0 spiro atoms. The lowest BCUT2D eigenvalue weighted by Gasteiger charge is -2.31. The van der Waals surface area contributed by atoms with Crippen LogP contribution in [0, 0.1) is 0 Å². The van der Waals surface area contributed by atoms with E-state index in [-0.39, 0.29) is 0 Å². The minimum absolute atomic E-state index is 0.852. The van der Waals surface area contributed by atoms with Crippen molar-refractivity contribution in [3.63, 3.8) is 0 Å². The Bertz CT molecular complexity index is 3950. The third-order valence-electron chi connectivity index (χ3n) is 13.8. The van der Waals surface area contributed by atoms with E-state index < -0.39 is 0 Å². The second-order valence-corrected chi connectivity index (χ2v) is 17.6. The highest BCUT2D eigenvalue weighted by molar-refractivity contribution is 6.28. The Morgan fingerprint density at radius 2 is 0.618 bits per heavy atom. The van der Waals surface area contributed by atoms with Gasteiger partial charge in [0.05, 0.1) is 22.7 Å². The molecule has 68 heavy (non-hydrogen) atoms. The van der Waals surface area contributed by atoms with Crippen molar-refractivity contribution in [1.82, 2.24) is 0 Å². The third kappa shape index (κ3) is 5.94. The van der Waals surface area contributed by atoms with Gasteiger partial charge in [0.25, 0.3) is 0 Å². The highest BCUT2D eigenvalue weighted by atomic mass is 16.3. The molecule has 4 nitrogen and oxygen atoms in total. The SMILES string of the molecule is c1ccc(-c2ccccc2N(c2ccc3c(c2)oc2ccccc23)c2ccc3ccc4c(N(c5ccc6c(c5)oc5ccccc56)c5ccccc5-c5ccccc5)ccc5ccc2c3c54)cc1. The molecule has 2 heterocycles. The lowest BCUT2D eigenvalue weighted by Crippen LogP contribution is -2.12. The van der Waals surface area contributed by atoms with E-state index in [0.29, 0.717) is 0 Å². The van der Waals surface area contributed by atoms with Crippen molar-refractivity contribution >= 4 is 110 Å². The number of furan rings is 2. The van der Waals surface area contributed by atoms with Crippen LogP contribution in [0.4, 0.5) is 34.1 Å². The van der Waals surface area contributed by atoms with Crippen LogP contribution >= 0.6 is 0 Å². The number of nitrogens with zero attached hydrogens (tertiary/aromatic N) is 2. The van der Waals surface area contributed by atoms with E-state index in [0.717, 1.165) is 111 Å². The largest absolute Gasteiger partial charge is 0.456 e. The predicted molar refractivity (Wildman–Crippen MR) is 285 cm³/mol. The number of hydrogen-bond acceptors (Lipinski definition) is 4. The van der Waals surface area contributed by atoms with Crippen LogP contribution in [0.1, 0.15) is 0 Å². The second kappa shape index (κ2) is 15.2. The monoisotopic (exact) mass is 868 g/mol. The number of rotatable bonds is 8. The molecule has 0 N–H and O–H groups in total. The average molecular weight is 869 g/mol. The van der Waals surface area contributed by atoms with Gasteiger partial charge >= 0.3 is 0 Å². The van der Waals surface area contributed by atoms with Crippen LogP contribution in [-0.4, -0.2) is 0 Å². The molecular formula is C64H40N2O2. The van der Waals surface area contributed by atoms with E-state index in [1.54, 1.807) is 0 Å². The minimum Gasteiger partial charge on any atom is -0.456 e. The topological polar surface area (TPSA) is 32.8 Å². The maximum absolute atomic E-state index is 6.56. The molecule has 14 rings (SSSR count). The van der Waals surface area contributed by atoms with Crippen LogP contribution in [0.25, 0.3) is 98.4 Å². The van der Waals surface area contributed by atoms with Gasteiger partial charge in [0.1, 0.15) is 22.3 Å². The van der Waals surface area contributed by atoms with Gasteiger partial charge in [-0.2, -0.15) is 0 Å². The maximum Gasteiger partial charge on any atom is 0.137 e. The van der Waals surface area contributed by atoms with Crippen LogP contribution in [-0.2, 0) is 0 Å². The predicted octanol–water partition coefficient (Wildman–Crippen LogP) is 18.7. The van der Waals surface area contributed by atoms with Crippen molar-refractivity contribution in [2.75, 3.05) is 9.80 Å². The number of fused-ring (bicyclic) bond motifs is 6. The van der Waals surface area contributed by atoms with Crippen LogP contribution in [0.2, 0.25) is 0 Å². The summed E-state index contributed by atoms with van der Waals surface area (Å²) in [5.41, 5.74) is 14.4. The Morgan fingerprint density at radius 3 is 1.09 bits per heavy atom. The highest BCUT2D eigenvalue weighted by Crippen LogP contribution is 2.51. The van der Waals surface area contributed by atoms with Crippen molar-refractivity contribution in [2.45, 2.75) is 0 Å². The first-order valence-corrected chi connectivity index (χ1v) is 23.2. The van der Waals surface area contributed by atoms with Gasteiger partial charge in [0.15, 0.2) is 0 Å². The summed E-state index contributed by atoms with van der Waals surface area (Å²) in [6, 6.07) is 87.1. The molecule has 318 valence electrons. The van der Waals surface area contributed by atoms with Crippen molar-refractivity contribution in [3.05, 3.63) is 243 Å². The molecule has 2 aromatic heterocycles. The lowest BCUT2D eigenvalue weighted by atomic mass is 9.91. The van der Waals surface area contributed by atoms with Gasteiger partial charge in [-0.15, -0.1) is 0 Å². The lowest BCUT2D eigenvalue weighted by molar-refractivity contribution is 0.668. The molecule has 0 aliphatic rings. The van der Waals surface area contributed by atoms with Crippen LogP contribution in [0.5, 0.6) is 0 Å². The Hall–Kier alpha value is -9.12. The van der Waals surface area contributed by atoms with Gasteiger partial charge in [-0.25, -0.2) is 0 Å². The Labute approximate surface area is 392 Å². The Morgan fingerprint density at radius 1 is 0.250 bits per heavy atom. The zero-order chi connectivity index (χ0) is 44.7. The average Bonchev–Trinajstić information content (AvgIpc) is 3.97. The van der Waals surface area contributed by atoms with Crippen LogP contribution in [0.3, 0.4) is 0 Å². The molecule has 4 heteroatoms. The zero-order valence-corrected chi connectivity index (χ0v) is 36.8. The van der Waals surface area contributed by atoms with E-state index in [2.05, 4.69) is 228 Å². The molecule has 0 saturated heterocycles. The van der Waals surface area contributed by atoms with Crippen molar-refractivity contribution < 1.29 is 8.83 Å². The molecule has 14 aromatic rings. The summed E-state index contributed by atoms with van der Waals surface area (Å²) in [6.45, 7) is 0. The fraction of sp³-hybridized carbons (Fsp3) is 0. The van der Waals surface area contributed by atoms with Gasteiger partial charge in [-0.1, -0.05) is 170 Å². The molecule has 0 amide bonds. The Balaban J connectivity index is 1.03. The standard InChI is InChI=1S/C64H40N2O2/c1-3-15-41(16-4-1)47-19-7-11-23-55(47)65(45-31-35-51-49-21-9-13-25-59(49)67-61(51)39-45)57-37-29-43-28-34-54-58(38-30-44-27-33-53(57)63(43)64(44)54)66(56-24-12-8-20-48(56)42-17-5-2-6-18-42)46-32-36-52-50-22-10-14-26-60(50)68-62(52)40-46/h1-40H. The molecule has 0 radical (unpaired) electrons. The molecule has 0 saturated carbocycles. The van der Waals surface area contributed by atoms with E-state index >= 15 is 0 Å². The van der Waals surface area contributed by atoms with Gasteiger partial charge in [-0.3, -0.25) is 0 Å². The van der Waals surface area contributed by atoms with E-state index in [1.165, 1.54) is 21.5 Å². The highest BCUT2D eigenvalue weighted by Gasteiger charge is 2.25. The summed E-state index contributed by atoms with van der Waals surface area (Å²) in [5, 5.41) is 11.5. The summed E-state index contributed by atoms with van der Waals surface area (Å²) < 4.78 is 13.1. The number of hydrogen-bond donors (Lipinski definition) is 0. The van der Waals surface area contributed by atoms with Crippen molar-refractivity contribution in [3.8, 4) is 22.3 Å². The first-order chi connectivity index (χ1) is 33.7. The number of anilines is 6. The number of para-hydroxylation sites is 4. The molecule has 0 bridgehead atoms. The van der Waals surface area contributed by atoms with Crippen LogP contribution < -0.4 is 9.80 Å². The molecule has 0 unspecified atom stereocenters. The van der Waals surface area contributed by atoms with Gasteiger partial charge in [0.2, 0.25) is 0 Å². The summed E-state index contributed by atoms with van der Waals surface area (Å²) >= 11 is 0. The summed E-state index contributed by atoms with van der Waals surface area (Å²) in [4.78, 5) is 4.85. The fourth-order valence-corrected chi connectivity index (χ4v) is 10.7. The van der Waals surface area contributed by atoms with E-state index in [1.807, 2.05) is 24.3 Å².